The van der Waals surface area contributed by atoms with E-state index in [1.807, 2.05) is 106 Å². The van der Waals surface area contributed by atoms with E-state index in [1.54, 1.807) is 16.8 Å². The highest BCUT2D eigenvalue weighted by molar-refractivity contribution is 5.94. The molecule has 5 rings (SSSR count). The van der Waals surface area contributed by atoms with Crippen LogP contribution >= 0.6 is 0 Å². The van der Waals surface area contributed by atoms with Gasteiger partial charge in [-0.25, -0.2) is 4.79 Å². The van der Waals surface area contributed by atoms with Crippen molar-refractivity contribution in [3.8, 4) is 0 Å². The molecule has 0 atom stereocenters. The lowest BCUT2D eigenvalue weighted by atomic mass is 9.86. The molecule has 0 radical (unpaired) electrons. The Morgan fingerprint density at radius 1 is 0.821 bits per heavy atom. The summed E-state index contributed by atoms with van der Waals surface area (Å²) in [7, 11) is 0. The number of pyridine rings is 1. The highest BCUT2D eigenvalue weighted by Crippen LogP contribution is 2.31. The Bertz CT molecular complexity index is 1630. The first kappa shape index (κ1) is 26.0. The van der Waals surface area contributed by atoms with Gasteiger partial charge in [0.25, 0.3) is 5.56 Å². The van der Waals surface area contributed by atoms with E-state index >= 15 is 0 Å². The summed E-state index contributed by atoms with van der Waals surface area (Å²) in [5.74, 6) is 0.0181. The largest absolute Gasteiger partial charge is 0.443 e. The molecule has 5 nitrogen and oxygen atoms in total. The van der Waals surface area contributed by atoms with Gasteiger partial charge in [-0.2, -0.15) is 0 Å². The van der Waals surface area contributed by atoms with Crippen LogP contribution in [0.3, 0.4) is 0 Å². The fourth-order valence-corrected chi connectivity index (χ4v) is 4.83. The Hall–Kier alpha value is -4.64. The molecule has 0 unspecified atom stereocenters. The zero-order chi connectivity index (χ0) is 27.4. The van der Waals surface area contributed by atoms with Crippen LogP contribution < -0.4 is 5.56 Å². The van der Waals surface area contributed by atoms with Crippen molar-refractivity contribution in [2.45, 2.75) is 38.8 Å². The molecule has 5 aromatic rings. The number of aromatic nitrogens is 2. The van der Waals surface area contributed by atoms with Gasteiger partial charge in [0, 0.05) is 36.3 Å². The van der Waals surface area contributed by atoms with Gasteiger partial charge in [0.2, 0.25) is 0 Å². The van der Waals surface area contributed by atoms with Gasteiger partial charge in [-0.1, -0.05) is 91.0 Å². The summed E-state index contributed by atoms with van der Waals surface area (Å²) in [6.45, 7) is 5.98. The molecule has 0 saturated heterocycles. The molecule has 2 aromatic heterocycles. The zero-order valence-corrected chi connectivity index (χ0v) is 22.5. The smallest absolute Gasteiger partial charge is 0.418 e. The second kappa shape index (κ2) is 11.0. The van der Waals surface area contributed by atoms with Gasteiger partial charge in [-0.15, -0.1) is 0 Å². The van der Waals surface area contributed by atoms with Gasteiger partial charge in [0.15, 0.2) is 0 Å². The molecule has 0 amide bonds. The molecular weight excluding hydrogens is 484 g/mol. The van der Waals surface area contributed by atoms with Gasteiger partial charge < -0.3 is 9.30 Å². The summed E-state index contributed by atoms with van der Waals surface area (Å²) < 4.78 is 8.80. The van der Waals surface area contributed by atoms with Crippen LogP contribution in [0.25, 0.3) is 17.0 Å². The third-order valence-electron chi connectivity index (χ3n) is 6.56. The standard InChI is InChI=1S/C34H32N2O3/c1-34(2,3)39-33(38)36-23-21-29-25(16-10-18-30(29)36)17-11-22-35-24-28(19-20-31(35)37)32(26-12-6-4-7-13-26)27-14-8-5-9-15-27/h4-21,23-24,32H,22H2,1-3H3. The van der Waals surface area contributed by atoms with E-state index in [0.29, 0.717) is 6.54 Å². The van der Waals surface area contributed by atoms with Gasteiger partial charge in [0.05, 0.1) is 5.52 Å². The summed E-state index contributed by atoms with van der Waals surface area (Å²) >= 11 is 0. The number of hydrogen-bond donors (Lipinski definition) is 0. The fraction of sp³-hybridized carbons (Fsp3) is 0.176. The van der Waals surface area contributed by atoms with Crippen LogP contribution in [0.1, 0.15) is 48.9 Å². The Balaban J connectivity index is 1.43. The number of carbonyl (C=O) groups is 1. The second-order valence-electron chi connectivity index (χ2n) is 10.6. The predicted molar refractivity (Wildman–Crippen MR) is 157 cm³/mol. The second-order valence-corrected chi connectivity index (χ2v) is 10.6. The molecular formula is C34H32N2O3. The van der Waals surface area contributed by atoms with Crippen LogP contribution in [0.4, 0.5) is 4.79 Å². The van der Waals surface area contributed by atoms with Crippen LogP contribution in [0, 0.1) is 0 Å². The number of carbonyl (C=O) groups excluding carboxylic acids is 1. The third-order valence-corrected chi connectivity index (χ3v) is 6.56. The number of fused-ring (bicyclic) bond motifs is 1. The molecule has 5 heteroatoms. The number of hydrogen-bond acceptors (Lipinski definition) is 3. The van der Waals surface area contributed by atoms with Crippen molar-refractivity contribution in [3.05, 3.63) is 148 Å². The van der Waals surface area contributed by atoms with Gasteiger partial charge in [-0.05, 0) is 55.2 Å². The SMILES string of the molecule is CC(C)(C)OC(=O)n1ccc2c(C=CCn3cc(C(c4ccccc4)c4ccccc4)ccc3=O)cccc21. The van der Waals surface area contributed by atoms with Crippen LogP contribution in [-0.2, 0) is 11.3 Å². The first-order valence-electron chi connectivity index (χ1n) is 13.1. The van der Waals surface area contributed by atoms with E-state index in [-0.39, 0.29) is 11.5 Å². The van der Waals surface area contributed by atoms with Crippen LogP contribution in [0.5, 0.6) is 0 Å². The molecule has 0 aliphatic heterocycles. The highest BCUT2D eigenvalue weighted by atomic mass is 16.6. The Morgan fingerprint density at radius 3 is 2.13 bits per heavy atom. The van der Waals surface area contributed by atoms with E-state index in [0.717, 1.165) is 22.0 Å². The summed E-state index contributed by atoms with van der Waals surface area (Å²) in [6.07, 6.45) is 7.25. The summed E-state index contributed by atoms with van der Waals surface area (Å²) in [5.41, 5.74) is 4.50. The Morgan fingerprint density at radius 2 is 1.49 bits per heavy atom. The lowest BCUT2D eigenvalue weighted by Gasteiger charge is -2.20. The molecule has 0 fully saturated rings. The quantitative estimate of drug-likeness (QED) is 0.235. The van der Waals surface area contributed by atoms with Crippen molar-refractivity contribution >= 4 is 23.1 Å². The number of allylic oxidation sites excluding steroid dienone is 1. The molecule has 2 heterocycles. The van der Waals surface area contributed by atoms with E-state index in [4.69, 9.17) is 4.74 Å². The zero-order valence-electron chi connectivity index (χ0n) is 22.5. The fourth-order valence-electron chi connectivity index (χ4n) is 4.83. The van der Waals surface area contributed by atoms with E-state index in [1.165, 1.54) is 15.7 Å². The number of rotatable bonds is 6. The molecule has 0 spiro atoms. The molecule has 3 aromatic carbocycles. The number of nitrogens with zero attached hydrogens (tertiary/aromatic N) is 2. The minimum atomic E-state index is -0.576. The van der Waals surface area contributed by atoms with Crippen LogP contribution in [-0.4, -0.2) is 20.8 Å². The Labute approximate surface area is 228 Å². The molecule has 0 N–H and O–H groups in total. The van der Waals surface area contributed by atoms with Crippen molar-refractivity contribution < 1.29 is 9.53 Å². The first-order valence-corrected chi connectivity index (χ1v) is 13.1. The average molecular weight is 517 g/mol. The van der Waals surface area contributed by atoms with Gasteiger partial charge >= 0.3 is 6.09 Å². The molecule has 39 heavy (non-hydrogen) atoms. The van der Waals surface area contributed by atoms with E-state index in [9.17, 15) is 9.59 Å². The van der Waals surface area contributed by atoms with Crippen molar-refractivity contribution in [1.82, 2.24) is 9.13 Å². The number of ether oxygens (including phenoxy) is 1. The lowest BCUT2D eigenvalue weighted by molar-refractivity contribution is 0.0544. The van der Waals surface area contributed by atoms with Crippen molar-refractivity contribution in [1.29, 1.82) is 0 Å². The van der Waals surface area contributed by atoms with Crippen molar-refractivity contribution in [2.75, 3.05) is 0 Å². The van der Waals surface area contributed by atoms with Crippen LogP contribution in [0.15, 0.2) is 120 Å². The molecule has 196 valence electrons. The van der Waals surface area contributed by atoms with Gasteiger partial charge in [0.1, 0.15) is 5.60 Å². The first-order chi connectivity index (χ1) is 18.8. The maximum absolute atomic E-state index is 12.8. The summed E-state index contributed by atoms with van der Waals surface area (Å²) in [6, 6.07) is 32.0. The average Bonchev–Trinajstić information content (AvgIpc) is 3.36. The highest BCUT2D eigenvalue weighted by Gasteiger charge is 2.20. The predicted octanol–water partition coefficient (Wildman–Crippen LogP) is 7.48. The van der Waals surface area contributed by atoms with Gasteiger partial charge in [-0.3, -0.25) is 9.36 Å². The van der Waals surface area contributed by atoms with Crippen LogP contribution in [0.2, 0.25) is 0 Å². The van der Waals surface area contributed by atoms with E-state index < -0.39 is 11.7 Å². The molecule has 0 saturated carbocycles. The topological polar surface area (TPSA) is 53.2 Å². The molecule has 0 aliphatic carbocycles. The third kappa shape index (κ3) is 5.93. The minimum Gasteiger partial charge on any atom is -0.443 e. The Kier molecular flexibility index (Phi) is 7.33. The molecule has 0 aliphatic rings. The molecule has 0 bridgehead atoms. The maximum atomic E-state index is 12.8. The monoisotopic (exact) mass is 516 g/mol. The summed E-state index contributed by atoms with van der Waals surface area (Å²) in [4.78, 5) is 25.4. The minimum absolute atomic E-state index is 0.0181. The normalized spacial score (nSPS) is 11.9. The lowest BCUT2D eigenvalue weighted by Crippen LogP contribution is -2.26. The van der Waals surface area contributed by atoms with E-state index in [2.05, 4.69) is 24.3 Å². The van der Waals surface area contributed by atoms with Crippen molar-refractivity contribution in [2.24, 2.45) is 0 Å². The number of benzene rings is 3. The summed E-state index contributed by atoms with van der Waals surface area (Å²) in [5, 5.41) is 0.939. The van der Waals surface area contributed by atoms with Crippen molar-refractivity contribution in [3.63, 3.8) is 0 Å². The maximum Gasteiger partial charge on any atom is 0.418 e.